The summed E-state index contributed by atoms with van der Waals surface area (Å²) in [6, 6.07) is 3.73. The molecule has 2 fully saturated rings. The van der Waals surface area contributed by atoms with E-state index in [0.29, 0.717) is 75.1 Å². The smallest absolute Gasteiger partial charge is 0.261 e. The van der Waals surface area contributed by atoms with Crippen molar-refractivity contribution in [1.82, 2.24) is 14.8 Å². The number of aromatic nitrogens is 1. The zero-order valence-electron chi connectivity index (χ0n) is 20.2. The standard InChI is InChI=1S/C26H29FN4O5/c1-3-20(33)30-8-5-9-31-17(14-30)15-36-24-16(2)23(21-18(27)6-4-7-19(21)32)28-25(22(24)26(31)34)29-10-12-35-13-11-29/h3-4,6-7,17,32H,1,5,8-15H2,2H3/t17-/m1/s1. The number of carbonyl (C=O) groups excluding carboxylic acids is 2. The lowest BCUT2D eigenvalue weighted by molar-refractivity contribution is -0.126. The Labute approximate surface area is 208 Å². The molecule has 0 saturated carbocycles. The van der Waals surface area contributed by atoms with Crippen LogP contribution in [0.3, 0.4) is 0 Å². The minimum absolute atomic E-state index is 0.0371. The zero-order valence-corrected chi connectivity index (χ0v) is 20.2. The summed E-state index contributed by atoms with van der Waals surface area (Å²) in [7, 11) is 0. The molecule has 0 bridgehead atoms. The van der Waals surface area contributed by atoms with Gasteiger partial charge in [-0.1, -0.05) is 12.6 Å². The molecule has 36 heavy (non-hydrogen) atoms. The lowest BCUT2D eigenvalue weighted by Gasteiger charge is -2.32. The summed E-state index contributed by atoms with van der Waals surface area (Å²) in [5.41, 5.74) is 0.969. The number of amides is 2. The molecule has 0 spiro atoms. The highest BCUT2D eigenvalue weighted by atomic mass is 19.1. The molecular weight excluding hydrogens is 467 g/mol. The van der Waals surface area contributed by atoms with E-state index in [-0.39, 0.29) is 41.5 Å². The van der Waals surface area contributed by atoms with Gasteiger partial charge in [-0.25, -0.2) is 9.37 Å². The minimum atomic E-state index is -0.620. The minimum Gasteiger partial charge on any atom is -0.507 e. The van der Waals surface area contributed by atoms with E-state index >= 15 is 0 Å². The summed E-state index contributed by atoms with van der Waals surface area (Å²) in [5.74, 6) is -0.580. The number of fused-ring (bicyclic) bond motifs is 2. The van der Waals surface area contributed by atoms with Gasteiger partial charge in [-0.05, 0) is 31.6 Å². The number of aromatic hydroxyl groups is 1. The summed E-state index contributed by atoms with van der Waals surface area (Å²) in [6.07, 6.45) is 1.90. The van der Waals surface area contributed by atoms with Gasteiger partial charge in [0.2, 0.25) is 5.91 Å². The highest BCUT2D eigenvalue weighted by molar-refractivity contribution is 6.03. The van der Waals surface area contributed by atoms with Gasteiger partial charge in [0.25, 0.3) is 5.91 Å². The number of carbonyl (C=O) groups is 2. The highest BCUT2D eigenvalue weighted by Gasteiger charge is 2.39. The fourth-order valence-electron chi connectivity index (χ4n) is 5.13. The van der Waals surface area contributed by atoms with E-state index in [0.717, 1.165) is 0 Å². The Morgan fingerprint density at radius 2 is 2.00 bits per heavy atom. The number of hydrogen-bond donors (Lipinski definition) is 1. The Balaban J connectivity index is 1.66. The number of phenols is 1. The van der Waals surface area contributed by atoms with Gasteiger partial charge in [-0.2, -0.15) is 0 Å². The van der Waals surface area contributed by atoms with Gasteiger partial charge >= 0.3 is 0 Å². The average molecular weight is 497 g/mol. The average Bonchev–Trinajstić information content (AvgIpc) is 3.17. The Morgan fingerprint density at radius 1 is 1.22 bits per heavy atom. The summed E-state index contributed by atoms with van der Waals surface area (Å²) in [4.78, 5) is 36.6. The Bertz CT molecular complexity index is 1190. The SMILES string of the molecule is C=CC(=O)N1CCCN2C(=O)c3c(N4CCOCC4)nc(-c4c(O)cccc4F)c(C)c3OC[C@H]2C1. The van der Waals surface area contributed by atoms with Crippen LogP contribution in [-0.4, -0.2) is 90.3 Å². The first kappa shape index (κ1) is 24.1. The first-order chi connectivity index (χ1) is 17.4. The number of halogens is 1. The van der Waals surface area contributed by atoms with Crippen molar-refractivity contribution in [1.29, 1.82) is 0 Å². The molecule has 0 unspecified atom stereocenters. The maximum atomic E-state index is 14.9. The number of phenolic OH excluding ortho intramolecular Hbond substituents is 1. The molecule has 10 heteroatoms. The molecule has 0 aliphatic carbocycles. The van der Waals surface area contributed by atoms with Gasteiger partial charge in [0.15, 0.2) is 0 Å². The van der Waals surface area contributed by atoms with Crippen LogP contribution in [0.1, 0.15) is 22.3 Å². The van der Waals surface area contributed by atoms with Crippen molar-refractivity contribution in [3.8, 4) is 22.8 Å². The molecule has 2 aromatic rings. The third-order valence-corrected chi connectivity index (χ3v) is 6.98. The van der Waals surface area contributed by atoms with Crippen molar-refractivity contribution in [2.45, 2.75) is 19.4 Å². The van der Waals surface area contributed by atoms with Crippen LogP contribution in [0, 0.1) is 12.7 Å². The molecule has 1 atom stereocenters. The number of hydrogen-bond acceptors (Lipinski definition) is 7. The van der Waals surface area contributed by atoms with Crippen molar-refractivity contribution in [2.24, 2.45) is 0 Å². The second-order valence-corrected chi connectivity index (χ2v) is 9.15. The third kappa shape index (κ3) is 4.15. The van der Waals surface area contributed by atoms with Crippen LogP contribution in [-0.2, 0) is 9.53 Å². The van der Waals surface area contributed by atoms with Gasteiger partial charge in [0, 0.05) is 38.3 Å². The molecule has 2 saturated heterocycles. The molecule has 2 amide bonds. The van der Waals surface area contributed by atoms with E-state index in [4.69, 9.17) is 14.5 Å². The second kappa shape index (κ2) is 9.77. The second-order valence-electron chi connectivity index (χ2n) is 9.15. The van der Waals surface area contributed by atoms with Crippen molar-refractivity contribution < 1.29 is 28.6 Å². The van der Waals surface area contributed by atoms with Crippen LogP contribution in [0.5, 0.6) is 11.5 Å². The monoisotopic (exact) mass is 496 g/mol. The molecule has 3 aliphatic heterocycles. The van der Waals surface area contributed by atoms with E-state index in [1.54, 1.807) is 16.7 Å². The van der Waals surface area contributed by atoms with Crippen molar-refractivity contribution >= 4 is 17.6 Å². The molecule has 190 valence electrons. The molecule has 1 aromatic carbocycles. The van der Waals surface area contributed by atoms with Gasteiger partial charge in [0.1, 0.15) is 35.3 Å². The Kier molecular flexibility index (Phi) is 6.53. The van der Waals surface area contributed by atoms with Crippen LogP contribution in [0.4, 0.5) is 10.2 Å². The number of ether oxygens (including phenoxy) is 2. The quantitative estimate of drug-likeness (QED) is 0.652. The zero-order chi connectivity index (χ0) is 25.4. The molecule has 5 rings (SSSR count). The van der Waals surface area contributed by atoms with E-state index in [1.165, 1.54) is 24.3 Å². The van der Waals surface area contributed by atoms with Crippen LogP contribution in [0.25, 0.3) is 11.3 Å². The van der Waals surface area contributed by atoms with Crippen molar-refractivity contribution in [3.05, 3.63) is 47.8 Å². The van der Waals surface area contributed by atoms with Crippen molar-refractivity contribution in [3.63, 3.8) is 0 Å². The maximum absolute atomic E-state index is 14.9. The lowest BCUT2D eigenvalue weighted by atomic mass is 10.0. The van der Waals surface area contributed by atoms with Gasteiger partial charge in [-0.15, -0.1) is 0 Å². The molecule has 1 N–H and O–H groups in total. The molecule has 3 aliphatic rings. The number of rotatable bonds is 3. The summed E-state index contributed by atoms with van der Waals surface area (Å²) < 4.78 is 26.7. The fraction of sp³-hybridized carbons (Fsp3) is 0.423. The highest BCUT2D eigenvalue weighted by Crippen LogP contribution is 2.43. The fourth-order valence-corrected chi connectivity index (χ4v) is 5.13. The molecule has 9 nitrogen and oxygen atoms in total. The van der Waals surface area contributed by atoms with Crippen LogP contribution < -0.4 is 9.64 Å². The first-order valence-corrected chi connectivity index (χ1v) is 12.1. The van der Waals surface area contributed by atoms with Crippen LogP contribution in [0.15, 0.2) is 30.9 Å². The largest absolute Gasteiger partial charge is 0.507 e. The van der Waals surface area contributed by atoms with Crippen molar-refractivity contribution in [2.75, 3.05) is 57.4 Å². The normalized spacial score (nSPS) is 20.1. The molecule has 4 heterocycles. The first-order valence-electron chi connectivity index (χ1n) is 12.1. The predicted octanol–water partition coefficient (Wildman–Crippen LogP) is 2.36. The van der Waals surface area contributed by atoms with Crippen LogP contribution >= 0.6 is 0 Å². The summed E-state index contributed by atoms with van der Waals surface area (Å²) >= 11 is 0. The third-order valence-electron chi connectivity index (χ3n) is 6.98. The van der Waals surface area contributed by atoms with Crippen LogP contribution in [0.2, 0.25) is 0 Å². The number of pyridine rings is 1. The maximum Gasteiger partial charge on any atom is 0.261 e. The molecular formula is C26H29FN4O5. The Morgan fingerprint density at radius 3 is 2.72 bits per heavy atom. The Hall–Kier alpha value is -3.66. The van der Waals surface area contributed by atoms with E-state index < -0.39 is 5.82 Å². The predicted molar refractivity (Wildman–Crippen MR) is 131 cm³/mol. The molecule has 1 aromatic heterocycles. The number of morpholine rings is 1. The molecule has 0 radical (unpaired) electrons. The van der Waals surface area contributed by atoms with E-state index in [9.17, 15) is 19.1 Å². The summed E-state index contributed by atoms with van der Waals surface area (Å²) in [6.45, 7) is 8.71. The number of benzene rings is 1. The summed E-state index contributed by atoms with van der Waals surface area (Å²) in [5, 5.41) is 10.5. The number of anilines is 1. The van der Waals surface area contributed by atoms with Gasteiger partial charge in [0.05, 0.1) is 30.5 Å². The van der Waals surface area contributed by atoms with Gasteiger partial charge in [-0.3, -0.25) is 9.59 Å². The van der Waals surface area contributed by atoms with E-state index in [2.05, 4.69) is 6.58 Å². The van der Waals surface area contributed by atoms with Gasteiger partial charge < -0.3 is 29.3 Å². The topological polar surface area (TPSA) is 95.4 Å². The number of nitrogens with zero attached hydrogens (tertiary/aromatic N) is 4. The van der Waals surface area contributed by atoms with E-state index in [1.807, 2.05) is 4.90 Å². The lowest BCUT2D eigenvalue weighted by Crippen LogP contribution is -2.47.